The molecule has 1 aliphatic carbocycles. The summed E-state index contributed by atoms with van der Waals surface area (Å²) in [6, 6.07) is 0. The van der Waals surface area contributed by atoms with Crippen LogP contribution in [0.1, 0.15) is 59.8 Å². The summed E-state index contributed by atoms with van der Waals surface area (Å²) in [6.07, 6.45) is 4.87. The monoisotopic (exact) mass is 282 g/mol. The van der Waals surface area contributed by atoms with E-state index in [2.05, 4.69) is 27.7 Å². The van der Waals surface area contributed by atoms with Crippen molar-refractivity contribution in [2.45, 2.75) is 76.8 Å². The molecule has 1 aliphatic heterocycles. The average molecular weight is 282 g/mol. The predicted molar refractivity (Wildman–Crippen MR) is 78.4 cm³/mol. The minimum absolute atomic E-state index is 0.107. The summed E-state index contributed by atoms with van der Waals surface area (Å²) in [7, 11) is 1.32. The fraction of sp³-hybridized carbons (Fsp3) is 0.933. The number of ether oxygens (including phenoxy) is 1. The third kappa shape index (κ3) is 3.20. The Morgan fingerprint density at radius 2 is 1.80 bits per heavy atom. The zero-order valence-electron chi connectivity index (χ0n) is 13.4. The molecule has 2 rings (SSSR count). The summed E-state index contributed by atoms with van der Waals surface area (Å²) in [4.78, 5) is 11.4. The van der Waals surface area contributed by atoms with Gasteiger partial charge in [-0.25, -0.2) is 0 Å². The zero-order valence-corrected chi connectivity index (χ0v) is 13.4. The quantitative estimate of drug-likeness (QED) is 0.589. The molecule has 0 aromatic heterocycles. The van der Waals surface area contributed by atoms with Gasteiger partial charge in [0, 0.05) is 6.42 Å². The summed E-state index contributed by atoms with van der Waals surface area (Å²) < 4.78 is 17.1. The smallest absolute Gasteiger partial charge is 0.461 e. The van der Waals surface area contributed by atoms with Crippen LogP contribution in [0.15, 0.2) is 0 Å². The Bertz CT molecular complexity index is 351. The van der Waals surface area contributed by atoms with Crippen molar-refractivity contribution in [1.82, 2.24) is 0 Å². The van der Waals surface area contributed by atoms with E-state index in [1.54, 1.807) is 0 Å². The van der Waals surface area contributed by atoms with Gasteiger partial charge in [0.25, 0.3) is 0 Å². The Hall–Kier alpha value is -0.545. The lowest BCUT2D eigenvalue weighted by molar-refractivity contribution is -0.142. The van der Waals surface area contributed by atoms with Gasteiger partial charge < -0.3 is 14.0 Å². The number of rotatable bonds is 3. The number of hydrogen-bond donors (Lipinski definition) is 0. The van der Waals surface area contributed by atoms with E-state index in [1.165, 1.54) is 7.11 Å². The number of hydrogen-bond acceptors (Lipinski definition) is 4. The lowest BCUT2D eigenvalue weighted by Crippen LogP contribution is -2.41. The van der Waals surface area contributed by atoms with Crippen LogP contribution < -0.4 is 0 Å². The van der Waals surface area contributed by atoms with E-state index in [0.29, 0.717) is 18.2 Å². The first-order valence-electron chi connectivity index (χ1n) is 7.67. The van der Waals surface area contributed by atoms with Crippen LogP contribution in [0.3, 0.4) is 0 Å². The number of carbonyl (C=O) groups excluding carboxylic acids is 1. The highest BCUT2D eigenvalue weighted by Gasteiger charge is 2.54. The maximum absolute atomic E-state index is 11.4. The van der Waals surface area contributed by atoms with Crippen molar-refractivity contribution in [3.05, 3.63) is 0 Å². The molecule has 0 bridgehead atoms. The van der Waals surface area contributed by atoms with Gasteiger partial charge in [-0.1, -0.05) is 12.8 Å². The molecule has 0 N–H and O–H groups in total. The Morgan fingerprint density at radius 3 is 2.35 bits per heavy atom. The van der Waals surface area contributed by atoms with Crippen LogP contribution in [0, 0.1) is 5.92 Å². The highest BCUT2D eigenvalue weighted by molar-refractivity contribution is 6.47. The molecule has 0 radical (unpaired) electrons. The Morgan fingerprint density at radius 1 is 1.20 bits per heavy atom. The molecule has 0 aromatic carbocycles. The second-order valence-electron chi connectivity index (χ2n) is 7.20. The van der Waals surface area contributed by atoms with Gasteiger partial charge in [-0.15, -0.1) is 0 Å². The number of methoxy groups -OCH3 is 1. The highest BCUT2D eigenvalue weighted by atomic mass is 16.7. The van der Waals surface area contributed by atoms with Crippen molar-refractivity contribution in [1.29, 1.82) is 0 Å². The van der Waals surface area contributed by atoms with Gasteiger partial charge >= 0.3 is 13.1 Å². The standard InChI is InChI=1S/C15H27BO4/c1-14(2)15(3,4)20-16(19-14)12-8-6-7-11(9-12)10-13(17)18-5/h11-12H,6-10H2,1-5H3. The fourth-order valence-electron chi connectivity index (χ4n) is 3.17. The molecule has 0 spiro atoms. The molecule has 1 heterocycles. The molecule has 2 fully saturated rings. The molecule has 4 nitrogen and oxygen atoms in total. The van der Waals surface area contributed by atoms with Crippen molar-refractivity contribution in [2.24, 2.45) is 5.92 Å². The van der Waals surface area contributed by atoms with E-state index in [0.717, 1.165) is 25.7 Å². The Kier molecular flexibility index (Phi) is 4.50. The molecule has 5 heteroatoms. The second kappa shape index (κ2) is 5.68. The average Bonchev–Trinajstić information content (AvgIpc) is 2.59. The molecular formula is C15H27BO4. The fourth-order valence-corrected chi connectivity index (χ4v) is 3.17. The van der Waals surface area contributed by atoms with Gasteiger partial charge in [-0.3, -0.25) is 4.79 Å². The molecule has 2 atom stereocenters. The largest absolute Gasteiger partial charge is 0.469 e. The second-order valence-corrected chi connectivity index (χ2v) is 7.20. The maximum atomic E-state index is 11.4. The van der Waals surface area contributed by atoms with Crippen LogP contribution in [0.5, 0.6) is 0 Å². The first kappa shape index (κ1) is 15.8. The minimum Gasteiger partial charge on any atom is -0.469 e. The topological polar surface area (TPSA) is 44.8 Å². The maximum Gasteiger partial charge on any atom is 0.461 e. The predicted octanol–water partition coefficient (Wildman–Crippen LogP) is 3.20. The van der Waals surface area contributed by atoms with Crippen molar-refractivity contribution >= 4 is 13.1 Å². The molecule has 114 valence electrons. The van der Waals surface area contributed by atoms with Crippen LogP contribution in [0.2, 0.25) is 5.82 Å². The van der Waals surface area contributed by atoms with Crippen LogP contribution in [0.25, 0.3) is 0 Å². The molecule has 20 heavy (non-hydrogen) atoms. The van der Waals surface area contributed by atoms with Crippen LogP contribution in [-0.4, -0.2) is 31.4 Å². The summed E-state index contributed by atoms with van der Waals surface area (Å²) in [5.74, 6) is 0.684. The summed E-state index contributed by atoms with van der Waals surface area (Å²) in [5.41, 5.74) is -0.542. The first-order valence-corrected chi connectivity index (χ1v) is 7.67. The molecule has 2 aliphatic rings. The van der Waals surface area contributed by atoms with E-state index in [-0.39, 0.29) is 24.3 Å². The van der Waals surface area contributed by atoms with Gasteiger partial charge in [0.05, 0.1) is 18.3 Å². The van der Waals surface area contributed by atoms with E-state index < -0.39 is 0 Å². The van der Waals surface area contributed by atoms with E-state index in [4.69, 9.17) is 14.0 Å². The number of esters is 1. The normalized spacial score (nSPS) is 32.1. The van der Waals surface area contributed by atoms with E-state index in [9.17, 15) is 4.79 Å². The van der Waals surface area contributed by atoms with E-state index in [1.807, 2.05) is 0 Å². The first-order chi connectivity index (χ1) is 9.25. The molecule has 1 saturated heterocycles. The Labute approximate surface area is 122 Å². The summed E-state index contributed by atoms with van der Waals surface area (Å²) in [5, 5.41) is 0. The molecule has 1 saturated carbocycles. The molecular weight excluding hydrogens is 255 g/mol. The third-order valence-electron chi connectivity index (χ3n) is 5.16. The van der Waals surface area contributed by atoms with Crippen LogP contribution in [-0.2, 0) is 18.8 Å². The molecule has 0 aromatic rings. The van der Waals surface area contributed by atoms with Crippen molar-refractivity contribution in [3.63, 3.8) is 0 Å². The van der Waals surface area contributed by atoms with Crippen molar-refractivity contribution in [3.8, 4) is 0 Å². The summed E-state index contributed by atoms with van der Waals surface area (Å²) in [6.45, 7) is 8.34. The van der Waals surface area contributed by atoms with Crippen molar-refractivity contribution in [2.75, 3.05) is 7.11 Å². The molecule has 0 amide bonds. The Balaban J connectivity index is 1.95. The van der Waals surface area contributed by atoms with Gasteiger partial charge in [-0.2, -0.15) is 0 Å². The lowest BCUT2D eigenvalue weighted by atomic mass is 9.61. The van der Waals surface area contributed by atoms with Crippen LogP contribution >= 0.6 is 0 Å². The zero-order chi connectivity index (χ0) is 15.0. The van der Waals surface area contributed by atoms with E-state index >= 15 is 0 Å². The SMILES string of the molecule is COC(=O)CC1CCCC(B2OC(C)(C)C(C)(C)O2)C1. The number of carbonyl (C=O) groups is 1. The summed E-state index contributed by atoms with van der Waals surface area (Å²) >= 11 is 0. The highest BCUT2D eigenvalue weighted by Crippen LogP contribution is 2.45. The van der Waals surface area contributed by atoms with Crippen LogP contribution in [0.4, 0.5) is 0 Å². The molecule has 2 unspecified atom stereocenters. The van der Waals surface area contributed by atoms with Crippen molar-refractivity contribution < 1.29 is 18.8 Å². The third-order valence-corrected chi connectivity index (χ3v) is 5.16. The van der Waals surface area contributed by atoms with Gasteiger partial charge in [-0.05, 0) is 52.3 Å². The van der Waals surface area contributed by atoms with Gasteiger partial charge in [0.15, 0.2) is 0 Å². The van der Waals surface area contributed by atoms with Gasteiger partial charge in [0.1, 0.15) is 0 Å². The minimum atomic E-state index is -0.271. The lowest BCUT2D eigenvalue weighted by Gasteiger charge is -2.32. The van der Waals surface area contributed by atoms with Gasteiger partial charge in [0.2, 0.25) is 0 Å².